The highest BCUT2D eigenvalue weighted by atomic mass is 16.2. The minimum atomic E-state index is -0.738. The second-order valence-corrected chi connectivity index (χ2v) is 5.58. The van der Waals surface area contributed by atoms with Crippen LogP contribution in [0.2, 0.25) is 0 Å². The normalized spacial score (nSPS) is 34.1. The SMILES string of the molecule is CC1CCCC1N1CC(=O)NC(C)(C)C1=O. The molecule has 0 bridgehead atoms. The number of nitrogens with zero attached hydrogens (tertiary/aromatic N) is 1. The Balaban J connectivity index is 2.20. The number of nitrogens with one attached hydrogen (secondary N) is 1. The first-order valence-corrected chi connectivity index (χ1v) is 6.04. The van der Waals surface area contributed by atoms with Crippen LogP contribution in [0.15, 0.2) is 0 Å². The lowest BCUT2D eigenvalue weighted by Gasteiger charge is -2.41. The molecule has 1 aliphatic heterocycles. The van der Waals surface area contributed by atoms with E-state index in [0.29, 0.717) is 5.92 Å². The lowest BCUT2D eigenvalue weighted by atomic mass is 9.96. The van der Waals surface area contributed by atoms with Crippen LogP contribution >= 0.6 is 0 Å². The molecule has 1 aliphatic carbocycles. The molecule has 4 heteroatoms. The molecule has 1 saturated carbocycles. The van der Waals surface area contributed by atoms with E-state index in [1.54, 1.807) is 18.7 Å². The summed E-state index contributed by atoms with van der Waals surface area (Å²) in [7, 11) is 0. The van der Waals surface area contributed by atoms with Crippen molar-refractivity contribution in [2.75, 3.05) is 6.54 Å². The van der Waals surface area contributed by atoms with Gasteiger partial charge in [-0.3, -0.25) is 9.59 Å². The van der Waals surface area contributed by atoms with Gasteiger partial charge in [-0.15, -0.1) is 0 Å². The van der Waals surface area contributed by atoms with E-state index in [2.05, 4.69) is 12.2 Å². The fourth-order valence-electron chi connectivity index (χ4n) is 2.88. The number of hydrogen-bond donors (Lipinski definition) is 1. The molecule has 2 amide bonds. The van der Waals surface area contributed by atoms with Crippen LogP contribution in [0.4, 0.5) is 0 Å². The Bertz CT molecular complexity index is 325. The molecule has 90 valence electrons. The monoisotopic (exact) mass is 224 g/mol. The van der Waals surface area contributed by atoms with Gasteiger partial charge >= 0.3 is 0 Å². The molecule has 2 unspecified atom stereocenters. The van der Waals surface area contributed by atoms with Crippen molar-refractivity contribution in [2.45, 2.75) is 51.6 Å². The van der Waals surface area contributed by atoms with Crippen LogP contribution in [0.3, 0.4) is 0 Å². The molecule has 1 saturated heterocycles. The van der Waals surface area contributed by atoms with Gasteiger partial charge < -0.3 is 10.2 Å². The van der Waals surface area contributed by atoms with Gasteiger partial charge in [0.2, 0.25) is 11.8 Å². The average molecular weight is 224 g/mol. The van der Waals surface area contributed by atoms with Crippen LogP contribution < -0.4 is 5.32 Å². The van der Waals surface area contributed by atoms with E-state index >= 15 is 0 Å². The van der Waals surface area contributed by atoms with Crippen molar-refractivity contribution in [3.63, 3.8) is 0 Å². The second kappa shape index (κ2) is 3.75. The third-order valence-electron chi connectivity index (χ3n) is 3.78. The summed E-state index contributed by atoms with van der Waals surface area (Å²) in [5.41, 5.74) is -0.738. The van der Waals surface area contributed by atoms with Crippen molar-refractivity contribution in [1.29, 1.82) is 0 Å². The van der Waals surface area contributed by atoms with E-state index in [-0.39, 0.29) is 24.4 Å². The zero-order valence-corrected chi connectivity index (χ0v) is 10.2. The Morgan fingerprint density at radius 1 is 1.31 bits per heavy atom. The Kier molecular flexibility index (Phi) is 2.68. The second-order valence-electron chi connectivity index (χ2n) is 5.58. The van der Waals surface area contributed by atoms with Crippen molar-refractivity contribution in [1.82, 2.24) is 10.2 Å². The Hall–Kier alpha value is -1.06. The summed E-state index contributed by atoms with van der Waals surface area (Å²) in [6.45, 7) is 5.96. The van der Waals surface area contributed by atoms with Gasteiger partial charge in [-0.05, 0) is 32.6 Å². The third kappa shape index (κ3) is 1.81. The molecule has 0 aromatic rings. The first-order chi connectivity index (χ1) is 7.42. The smallest absolute Gasteiger partial charge is 0.248 e. The maximum atomic E-state index is 12.2. The average Bonchev–Trinajstić information content (AvgIpc) is 2.57. The van der Waals surface area contributed by atoms with Crippen molar-refractivity contribution in [3.8, 4) is 0 Å². The third-order valence-corrected chi connectivity index (χ3v) is 3.78. The standard InChI is InChI=1S/C12H20N2O2/c1-8-5-4-6-9(8)14-7-10(15)13-12(2,3)11(14)16/h8-9H,4-7H2,1-3H3,(H,13,15). The van der Waals surface area contributed by atoms with Gasteiger partial charge in [0, 0.05) is 6.04 Å². The quantitative estimate of drug-likeness (QED) is 0.720. The van der Waals surface area contributed by atoms with Crippen LogP contribution in [-0.2, 0) is 9.59 Å². The maximum absolute atomic E-state index is 12.2. The fraction of sp³-hybridized carbons (Fsp3) is 0.833. The molecule has 0 spiro atoms. The maximum Gasteiger partial charge on any atom is 0.248 e. The van der Waals surface area contributed by atoms with Gasteiger partial charge in [0.1, 0.15) is 5.54 Å². The molecule has 2 atom stereocenters. The highest BCUT2D eigenvalue weighted by Gasteiger charge is 2.43. The summed E-state index contributed by atoms with van der Waals surface area (Å²) < 4.78 is 0. The van der Waals surface area contributed by atoms with Crippen molar-refractivity contribution >= 4 is 11.8 Å². The van der Waals surface area contributed by atoms with Crippen LogP contribution in [0.25, 0.3) is 0 Å². The Morgan fingerprint density at radius 3 is 2.56 bits per heavy atom. The van der Waals surface area contributed by atoms with E-state index in [0.717, 1.165) is 19.3 Å². The van der Waals surface area contributed by atoms with E-state index < -0.39 is 5.54 Å². The molecule has 0 aromatic heterocycles. The van der Waals surface area contributed by atoms with Gasteiger partial charge in [-0.1, -0.05) is 13.3 Å². The molecular weight excluding hydrogens is 204 g/mol. The minimum absolute atomic E-state index is 0.0382. The van der Waals surface area contributed by atoms with Crippen LogP contribution in [0.1, 0.15) is 40.0 Å². The number of piperazine rings is 1. The largest absolute Gasteiger partial charge is 0.341 e. The van der Waals surface area contributed by atoms with E-state index in [1.807, 2.05) is 0 Å². The summed E-state index contributed by atoms with van der Waals surface area (Å²) in [4.78, 5) is 25.6. The van der Waals surface area contributed by atoms with Gasteiger partial charge in [0.15, 0.2) is 0 Å². The molecule has 2 aliphatic rings. The fourth-order valence-corrected chi connectivity index (χ4v) is 2.88. The predicted octanol–water partition coefficient (Wildman–Crippen LogP) is 0.912. The number of rotatable bonds is 1. The summed E-state index contributed by atoms with van der Waals surface area (Å²) >= 11 is 0. The number of hydrogen-bond acceptors (Lipinski definition) is 2. The zero-order valence-electron chi connectivity index (χ0n) is 10.2. The van der Waals surface area contributed by atoms with Gasteiger partial charge in [0.05, 0.1) is 6.54 Å². The van der Waals surface area contributed by atoms with Crippen molar-refractivity contribution < 1.29 is 9.59 Å². The molecular formula is C12H20N2O2. The molecule has 0 radical (unpaired) electrons. The van der Waals surface area contributed by atoms with Crippen molar-refractivity contribution in [3.05, 3.63) is 0 Å². The van der Waals surface area contributed by atoms with Crippen molar-refractivity contribution in [2.24, 2.45) is 5.92 Å². The number of carbonyl (C=O) groups is 2. The van der Waals surface area contributed by atoms with Crippen LogP contribution in [-0.4, -0.2) is 34.8 Å². The summed E-state index contributed by atoms with van der Waals surface area (Å²) in [5.74, 6) is 0.542. The first kappa shape index (κ1) is 11.4. The molecule has 1 N–H and O–H groups in total. The molecule has 2 rings (SSSR count). The first-order valence-electron chi connectivity index (χ1n) is 6.04. The molecule has 1 heterocycles. The lowest BCUT2D eigenvalue weighted by Crippen LogP contribution is -2.66. The summed E-state index contributed by atoms with van der Waals surface area (Å²) in [6, 6.07) is 0.262. The van der Waals surface area contributed by atoms with E-state index in [4.69, 9.17) is 0 Å². The highest BCUT2D eigenvalue weighted by Crippen LogP contribution is 2.31. The Morgan fingerprint density at radius 2 is 2.00 bits per heavy atom. The molecule has 0 aromatic carbocycles. The van der Waals surface area contributed by atoms with E-state index in [9.17, 15) is 9.59 Å². The van der Waals surface area contributed by atoms with Gasteiger partial charge in [-0.25, -0.2) is 0 Å². The van der Waals surface area contributed by atoms with Gasteiger partial charge in [-0.2, -0.15) is 0 Å². The summed E-state index contributed by atoms with van der Waals surface area (Å²) in [6.07, 6.45) is 3.37. The molecule has 2 fully saturated rings. The highest BCUT2D eigenvalue weighted by molar-refractivity contribution is 5.97. The van der Waals surface area contributed by atoms with Crippen LogP contribution in [0, 0.1) is 5.92 Å². The van der Waals surface area contributed by atoms with E-state index in [1.165, 1.54) is 0 Å². The van der Waals surface area contributed by atoms with Crippen LogP contribution in [0.5, 0.6) is 0 Å². The molecule has 4 nitrogen and oxygen atoms in total. The predicted molar refractivity (Wildman–Crippen MR) is 60.7 cm³/mol. The molecule has 16 heavy (non-hydrogen) atoms. The zero-order chi connectivity index (χ0) is 11.9. The minimum Gasteiger partial charge on any atom is -0.341 e. The Labute approximate surface area is 96.4 Å². The number of amides is 2. The van der Waals surface area contributed by atoms with Gasteiger partial charge in [0.25, 0.3) is 0 Å². The lowest BCUT2D eigenvalue weighted by molar-refractivity contribution is -0.151. The number of carbonyl (C=O) groups excluding carboxylic acids is 2. The summed E-state index contributed by atoms with van der Waals surface area (Å²) in [5, 5.41) is 2.74. The topological polar surface area (TPSA) is 49.4 Å².